The van der Waals surface area contributed by atoms with Crippen LogP contribution in [0.25, 0.3) is 0 Å². The number of ether oxygens (including phenoxy) is 2. The fourth-order valence-electron chi connectivity index (χ4n) is 2.57. The molecule has 0 aromatic heterocycles. The summed E-state index contributed by atoms with van der Waals surface area (Å²) < 4.78 is 34.9. The third-order valence-corrected chi connectivity index (χ3v) is 5.86. The molecule has 2 aromatic carbocycles. The molecule has 152 valence electrons. The number of hydrogen-bond donors (Lipinski definition) is 2. The van der Waals surface area contributed by atoms with Crippen LogP contribution in [0, 0.1) is 0 Å². The standard InChI is InChI=1S/C19H23N3O4S.HI/c1-2-27(23,24)16-7-4-14(5-8-16)13-21-19(20)22-15-6-9-17-18(12-15)26-11-3-10-25-17;/h4-9,12H,2-3,10-11,13H2,1H3,(H3,20,21,22);1H. The van der Waals surface area contributed by atoms with Gasteiger partial charge in [-0.3, -0.25) is 0 Å². The maximum Gasteiger partial charge on any atom is 0.193 e. The number of rotatable bonds is 5. The molecule has 3 N–H and O–H groups in total. The van der Waals surface area contributed by atoms with Crippen LogP contribution < -0.4 is 20.5 Å². The molecule has 3 rings (SSSR count). The number of anilines is 1. The van der Waals surface area contributed by atoms with Crippen molar-refractivity contribution >= 4 is 45.5 Å². The molecule has 1 heterocycles. The van der Waals surface area contributed by atoms with Gasteiger partial charge in [-0.05, 0) is 29.8 Å². The Balaban J connectivity index is 0.00000280. The summed E-state index contributed by atoms with van der Waals surface area (Å²) in [6.45, 7) is 3.22. The molecule has 0 fully saturated rings. The summed E-state index contributed by atoms with van der Waals surface area (Å²) in [6.07, 6.45) is 0.847. The molecule has 0 saturated carbocycles. The van der Waals surface area contributed by atoms with Gasteiger partial charge in [0.15, 0.2) is 27.3 Å². The lowest BCUT2D eigenvalue weighted by Gasteiger charge is -2.11. The maximum absolute atomic E-state index is 11.8. The first-order valence-electron chi connectivity index (χ1n) is 8.76. The molecular formula is C19H24IN3O4S. The van der Waals surface area contributed by atoms with E-state index in [1.54, 1.807) is 31.2 Å². The fraction of sp³-hybridized carbons (Fsp3) is 0.316. The van der Waals surface area contributed by atoms with Crippen molar-refractivity contribution in [2.24, 2.45) is 10.7 Å². The van der Waals surface area contributed by atoms with E-state index in [-0.39, 0.29) is 35.7 Å². The van der Waals surface area contributed by atoms with Crippen LogP contribution in [0.5, 0.6) is 11.5 Å². The normalized spacial score (nSPS) is 14.0. The van der Waals surface area contributed by atoms with Gasteiger partial charge in [0.05, 0.1) is 30.4 Å². The number of halogens is 1. The van der Waals surface area contributed by atoms with Crippen LogP contribution in [-0.2, 0) is 16.4 Å². The van der Waals surface area contributed by atoms with Gasteiger partial charge in [-0.15, -0.1) is 24.0 Å². The van der Waals surface area contributed by atoms with Crippen LogP contribution in [0.2, 0.25) is 0 Å². The van der Waals surface area contributed by atoms with Crippen LogP contribution in [0.4, 0.5) is 5.69 Å². The first-order chi connectivity index (χ1) is 13.0. The molecular weight excluding hydrogens is 493 g/mol. The summed E-state index contributed by atoms with van der Waals surface area (Å²) in [5.74, 6) is 1.74. The molecule has 9 heteroatoms. The Morgan fingerprint density at radius 1 is 1.11 bits per heavy atom. The molecule has 0 unspecified atom stereocenters. The molecule has 7 nitrogen and oxygen atoms in total. The maximum atomic E-state index is 11.8. The SMILES string of the molecule is CCS(=O)(=O)c1ccc(CN=C(N)Nc2ccc3c(c2)OCCCO3)cc1.I. The van der Waals surface area contributed by atoms with Gasteiger partial charge in [-0.1, -0.05) is 19.1 Å². The van der Waals surface area contributed by atoms with Gasteiger partial charge < -0.3 is 20.5 Å². The van der Waals surface area contributed by atoms with Crippen LogP contribution in [0.15, 0.2) is 52.4 Å². The molecule has 1 aliphatic rings. The molecule has 0 atom stereocenters. The molecule has 1 aliphatic heterocycles. The summed E-state index contributed by atoms with van der Waals surface area (Å²) in [5, 5.41) is 3.02. The molecule has 0 radical (unpaired) electrons. The number of nitrogens with zero attached hydrogens (tertiary/aromatic N) is 1. The van der Waals surface area contributed by atoms with Crippen molar-refractivity contribution in [3.05, 3.63) is 48.0 Å². The highest BCUT2D eigenvalue weighted by Crippen LogP contribution is 2.32. The first-order valence-corrected chi connectivity index (χ1v) is 10.4. The van der Waals surface area contributed by atoms with Crippen molar-refractivity contribution in [2.45, 2.75) is 24.8 Å². The second kappa shape index (κ2) is 9.97. The number of sulfone groups is 1. The largest absolute Gasteiger partial charge is 0.490 e. The van der Waals surface area contributed by atoms with Crippen molar-refractivity contribution in [2.75, 3.05) is 24.3 Å². The number of guanidine groups is 1. The van der Waals surface area contributed by atoms with Gasteiger partial charge >= 0.3 is 0 Å². The van der Waals surface area contributed by atoms with E-state index in [0.717, 1.165) is 23.4 Å². The highest BCUT2D eigenvalue weighted by molar-refractivity contribution is 14.0. The highest BCUT2D eigenvalue weighted by atomic mass is 127. The topological polar surface area (TPSA) is 103 Å². The van der Waals surface area contributed by atoms with Crippen molar-refractivity contribution < 1.29 is 17.9 Å². The monoisotopic (exact) mass is 517 g/mol. The first kappa shape index (κ1) is 22.3. The number of benzene rings is 2. The van der Waals surface area contributed by atoms with E-state index in [4.69, 9.17) is 15.2 Å². The summed E-state index contributed by atoms with van der Waals surface area (Å²) in [4.78, 5) is 4.61. The van der Waals surface area contributed by atoms with Gasteiger partial charge in [-0.25, -0.2) is 13.4 Å². The van der Waals surface area contributed by atoms with E-state index < -0.39 is 9.84 Å². The van der Waals surface area contributed by atoms with E-state index in [9.17, 15) is 8.42 Å². The summed E-state index contributed by atoms with van der Waals surface area (Å²) in [5.41, 5.74) is 7.58. The zero-order valence-electron chi connectivity index (χ0n) is 15.6. The Morgan fingerprint density at radius 2 is 1.79 bits per heavy atom. The fourth-order valence-corrected chi connectivity index (χ4v) is 3.46. The van der Waals surface area contributed by atoms with Gasteiger partial charge in [0.1, 0.15) is 0 Å². The minimum absolute atomic E-state index is 0. The Labute approximate surface area is 182 Å². The Morgan fingerprint density at radius 3 is 2.46 bits per heavy atom. The van der Waals surface area contributed by atoms with Crippen molar-refractivity contribution in [1.29, 1.82) is 0 Å². The van der Waals surface area contributed by atoms with Gasteiger partial charge in [0, 0.05) is 18.2 Å². The number of nitrogens with two attached hydrogens (primary N) is 1. The number of fused-ring (bicyclic) bond motifs is 1. The lowest BCUT2D eigenvalue weighted by molar-refractivity contribution is 0.297. The lowest BCUT2D eigenvalue weighted by atomic mass is 10.2. The minimum Gasteiger partial charge on any atom is -0.490 e. The van der Waals surface area contributed by atoms with Crippen molar-refractivity contribution in [1.82, 2.24) is 0 Å². The second-order valence-electron chi connectivity index (χ2n) is 6.09. The van der Waals surface area contributed by atoms with Crippen LogP contribution in [0.1, 0.15) is 18.9 Å². The summed E-state index contributed by atoms with van der Waals surface area (Å²) in [7, 11) is -3.19. The van der Waals surface area contributed by atoms with Gasteiger partial charge in [0.2, 0.25) is 0 Å². The second-order valence-corrected chi connectivity index (χ2v) is 8.36. The smallest absolute Gasteiger partial charge is 0.193 e. The third-order valence-electron chi connectivity index (χ3n) is 4.11. The predicted octanol–water partition coefficient (Wildman–Crippen LogP) is 3.19. The van der Waals surface area contributed by atoms with Crippen molar-refractivity contribution in [3.8, 4) is 11.5 Å². The van der Waals surface area contributed by atoms with E-state index in [1.807, 2.05) is 18.2 Å². The molecule has 28 heavy (non-hydrogen) atoms. The van der Waals surface area contributed by atoms with Crippen LogP contribution in [0.3, 0.4) is 0 Å². The van der Waals surface area contributed by atoms with E-state index in [0.29, 0.717) is 30.4 Å². The van der Waals surface area contributed by atoms with Gasteiger partial charge in [-0.2, -0.15) is 0 Å². The quantitative estimate of drug-likeness (QED) is 0.359. The minimum atomic E-state index is -3.19. The molecule has 0 saturated heterocycles. The Kier molecular flexibility index (Phi) is 7.93. The molecule has 0 aliphatic carbocycles. The highest BCUT2D eigenvalue weighted by Gasteiger charge is 2.12. The third kappa shape index (κ3) is 5.74. The Bertz CT molecular complexity index is 931. The molecule has 2 aromatic rings. The average molecular weight is 517 g/mol. The molecule has 0 amide bonds. The van der Waals surface area contributed by atoms with Crippen LogP contribution in [-0.4, -0.2) is 33.3 Å². The van der Waals surface area contributed by atoms with Crippen LogP contribution >= 0.6 is 24.0 Å². The van der Waals surface area contributed by atoms with Crippen molar-refractivity contribution in [3.63, 3.8) is 0 Å². The van der Waals surface area contributed by atoms with E-state index >= 15 is 0 Å². The zero-order valence-corrected chi connectivity index (χ0v) is 18.7. The molecule has 0 bridgehead atoms. The zero-order chi connectivity index (χ0) is 19.3. The lowest BCUT2D eigenvalue weighted by Crippen LogP contribution is -2.22. The number of hydrogen-bond acceptors (Lipinski definition) is 5. The number of nitrogens with one attached hydrogen (secondary N) is 1. The predicted molar refractivity (Wildman–Crippen MR) is 121 cm³/mol. The number of aliphatic imine (C=N–C) groups is 1. The van der Waals surface area contributed by atoms with E-state index in [2.05, 4.69) is 10.3 Å². The van der Waals surface area contributed by atoms with E-state index in [1.165, 1.54) is 0 Å². The summed E-state index contributed by atoms with van der Waals surface area (Å²) >= 11 is 0. The average Bonchev–Trinajstić information content (AvgIpc) is 2.91. The van der Waals surface area contributed by atoms with Gasteiger partial charge in [0.25, 0.3) is 0 Å². The molecule has 0 spiro atoms. The Hall–Kier alpha value is -2.01. The summed E-state index contributed by atoms with van der Waals surface area (Å²) in [6, 6.07) is 12.2.